The van der Waals surface area contributed by atoms with Gasteiger partial charge in [0.1, 0.15) is 0 Å². The number of hydrogen-bond acceptors (Lipinski definition) is 4. The fourth-order valence-electron chi connectivity index (χ4n) is 3.02. The first kappa shape index (κ1) is 17.0. The minimum absolute atomic E-state index is 0.231. The summed E-state index contributed by atoms with van der Waals surface area (Å²) in [4.78, 5) is 1.80. The molecule has 1 N–H and O–H groups in total. The number of hydrogen-bond donors (Lipinski definition) is 1. The van der Waals surface area contributed by atoms with Crippen molar-refractivity contribution in [1.29, 1.82) is 0 Å². The maximum atomic E-state index is 13.1. The molecule has 24 heavy (non-hydrogen) atoms. The Bertz CT molecular complexity index is 863. The van der Waals surface area contributed by atoms with E-state index in [4.69, 9.17) is 0 Å². The zero-order chi connectivity index (χ0) is 17.7. The number of alkyl halides is 3. The molecule has 0 unspecified atom stereocenters. The van der Waals surface area contributed by atoms with Crippen LogP contribution in [0.4, 0.5) is 18.9 Å². The maximum absolute atomic E-state index is 13.1. The number of H-pyrrole nitrogens is 1. The van der Waals surface area contributed by atoms with Crippen LogP contribution in [0.2, 0.25) is 0 Å². The number of fused-ring (bicyclic) bond motifs is 1. The Morgan fingerprint density at radius 3 is 2.58 bits per heavy atom. The van der Waals surface area contributed by atoms with E-state index in [1.807, 2.05) is 0 Å². The van der Waals surface area contributed by atoms with Gasteiger partial charge < -0.3 is 4.90 Å². The van der Waals surface area contributed by atoms with Crippen molar-refractivity contribution in [2.24, 2.45) is 0 Å². The molecule has 3 rings (SSSR count). The van der Waals surface area contributed by atoms with Gasteiger partial charge >= 0.3 is 6.18 Å². The zero-order valence-corrected chi connectivity index (χ0v) is 13.9. The Hall–Kier alpha value is -1.81. The van der Waals surface area contributed by atoms with E-state index in [2.05, 4.69) is 10.2 Å². The number of benzene rings is 1. The van der Waals surface area contributed by atoms with Crippen LogP contribution in [0.25, 0.3) is 10.9 Å². The quantitative estimate of drug-likeness (QED) is 0.888. The van der Waals surface area contributed by atoms with E-state index in [0.717, 1.165) is 18.4 Å². The Morgan fingerprint density at radius 1 is 1.29 bits per heavy atom. The lowest BCUT2D eigenvalue weighted by Gasteiger charge is -2.40. The number of nitrogens with one attached hydrogen (secondary N) is 1. The van der Waals surface area contributed by atoms with Gasteiger partial charge in [-0.2, -0.15) is 22.6 Å². The molecule has 1 aromatic heterocycles. The number of piperazine rings is 1. The number of halogens is 3. The minimum atomic E-state index is -4.47. The number of anilines is 1. The third-order valence-corrected chi connectivity index (χ3v) is 5.50. The van der Waals surface area contributed by atoms with Crippen LogP contribution in [-0.2, 0) is 16.2 Å². The van der Waals surface area contributed by atoms with Crippen LogP contribution < -0.4 is 4.90 Å². The number of sulfonamides is 1. The van der Waals surface area contributed by atoms with Crippen LogP contribution >= 0.6 is 0 Å². The van der Waals surface area contributed by atoms with Crippen molar-refractivity contribution >= 4 is 26.6 Å². The highest BCUT2D eigenvalue weighted by atomic mass is 32.2. The average Bonchev–Trinajstić information content (AvgIpc) is 2.92. The van der Waals surface area contributed by atoms with Crippen LogP contribution in [-0.4, -0.2) is 54.9 Å². The minimum Gasteiger partial charge on any atom is -0.366 e. The van der Waals surface area contributed by atoms with Crippen LogP contribution in [0.1, 0.15) is 12.5 Å². The second-order valence-electron chi connectivity index (χ2n) is 5.99. The van der Waals surface area contributed by atoms with E-state index < -0.39 is 21.8 Å². The van der Waals surface area contributed by atoms with Crippen molar-refractivity contribution in [3.8, 4) is 0 Å². The standard InChI is InChI=1S/C14H17F3N4O2S/c1-9-8-20(24(2,22)23)3-4-21(9)13-6-10(14(15,16)17)5-12-11(13)7-18-19-12/h5-7,9H,3-4,8H2,1-2H3,(H,18,19)/t9-/m0/s1. The molecule has 1 saturated heterocycles. The number of rotatable bonds is 2. The summed E-state index contributed by atoms with van der Waals surface area (Å²) < 4.78 is 64.1. The molecule has 1 fully saturated rings. The van der Waals surface area contributed by atoms with Crippen LogP contribution in [0.5, 0.6) is 0 Å². The van der Waals surface area contributed by atoms with Crippen molar-refractivity contribution in [2.45, 2.75) is 19.1 Å². The summed E-state index contributed by atoms with van der Waals surface area (Å²) in [7, 11) is -3.32. The Balaban J connectivity index is 2.02. The van der Waals surface area contributed by atoms with Gasteiger partial charge in [-0.25, -0.2) is 8.42 Å². The molecule has 132 valence electrons. The lowest BCUT2D eigenvalue weighted by Crippen LogP contribution is -2.53. The van der Waals surface area contributed by atoms with E-state index >= 15 is 0 Å². The van der Waals surface area contributed by atoms with Crippen molar-refractivity contribution in [3.05, 3.63) is 23.9 Å². The van der Waals surface area contributed by atoms with Crippen LogP contribution in [0.3, 0.4) is 0 Å². The van der Waals surface area contributed by atoms with Crippen molar-refractivity contribution in [3.63, 3.8) is 0 Å². The summed E-state index contributed by atoms with van der Waals surface area (Å²) in [5.41, 5.74) is -0.0428. The van der Waals surface area contributed by atoms with Gasteiger partial charge in [-0.3, -0.25) is 5.10 Å². The molecule has 2 aromatic rings. The van der Waals surface area contributed by atoms with Crippen molar-refractivity contribution < 1.29 is 21.6 Å². The summed E-state index contributed by atoms with van der Waals surface area (Å²) >= 11 is 0. The van der Waals surface area contributed by atoms with Crippen LogP contribution in [0.15, 0.2) is 18.3 Å². The largest absolute Gasteiger partial charge is 0.416 e. The van der Waals surface area contributed by atoms with E-state index in [0.29, 0.717) is 23.1 Å². The number of nitrogens with zero attached hydrogens (tertiary/aromatic N) is 3. The fraction of sp³-hybridized carbons (Fsp3) is 0.500. The lowest BCUT2D eigenvalue weighted by atomic mass is 10.1. The van der Waals surface area contributed by atoms with E-state index in [1.54, 1.807) is 11.8 Å². The molecule has 0 saturated carbocycles. The Kier molecular flexibility index (Phi) is 3.99. The Labute approximate surface area is 137 Å². The van der Waals surface area contributed by atoms with Crippen molar-refractivity contribution in [2.75, 3.05) is 30.8 Å². The summed E-state index contributed by atoms with van der Waals surface area (Å²) in [6.45, 7) is 2.58. The molecule has 0 radical (unpaired) electrons. The molecule has 2 heterocycles. The number of aromatic nitrogens is 2. The topological polar surface area (TPSA) is 69.3 Å². The first-order valence-electron chi connectivity index (χ1n) is 7.33. The average molecular weight is 362 g/mol. The maximum Gasteiger partial charge on any atom is 0.416 e. The number of aromatic amines is 1. The highest BCUT2D eigenvalue weighted by Crippen LogP contribution is 2.37. The second kappa shape index (κ2) is 5.62. The molecule has 10 heteroatoms. The van der Waals surface area contributed by atoms with Gasteiger partial charge in [-0.15, -0.1) is 0 Å². The summed E-state index contributed by atoms with van der Waals surface area (Å²) in [5.74, 6) is 0. The monoisotopic (exact) mass is 362 g/mol. The van der Waals surface area contributed by atoms with Gasteiger partial charge in [-0.05, 0) is 19.1 Å². The van der Waals surface area contributed by atoms with E-state index in [9.17, 15) is 21.6 Å². The van der Waals surface area contributed by atoms with E-state index in [1.165, 1.54) is 10.5 Å². The highest BCUT2D eigenvalue weighted by molar-refractivity contribution is 7.88. The predicted octanol–water partition coefficient (Wildman–Crippen LogP) is 2.05. The van der Waals surface area contributed by atoms with Gasteiger partial charge in [0.05, 0.1) is 23.5 Å². The molecule has 0 amide bonds. The molecule has 1 atom stereocenters. The fourth-order valence-corrected chi connectivity index (χ4v) is 3.92. The van der Waals surface area contributed by atoms with Gasteiger partial charge in [-0.1, -0.05) is 0 Å². The molecule has 0 spiro atoms. The van der Waals surface area contributed by atoms with Gasteiger partial charge in [0.15, 0.2) is 0 Å². The summed E-state index contributed by atoms with van der Waals surface area (Å²) in [6.07, 6.45) is -1.85. The smallest absolute Gasteiger partial charge is 0.366 e. The molecule has 1 aromatic carbocycles. The highest BCUT2D eigenvalue weighted by Gasteiger charge is 2.34. The molecular weight excluding hydrogens is 345 g/mol. The van der Waals surface area contributed by atoms with Gasteiger partial charge in [0.25, 0.3) is 0 Å². The molecule has 0 bridgehead atoms. The predicted molar refractivity (Wildman–Crippen MR) is 84.3 cm³/mol. The molecule has 0 aliphatic carbocycles. The molecule has 1 aliphatic heterocycles. The first-order chi connectivity index (χ1) is 11.1. The van der Waals surface area contributed by atoms with Crippen LogP contribution in [0, 0.1) is 0 Å². The first-order valence-corrected chi connectivity index (χ1v) is 9.18. The summed E-state index contributed by atoms with van der Waals surface area (Å²) in [6, 6.07) is 1.88. The lowest BCUT2D eigenvalue weighted by molar-refractivity contribution is -0.137. The molecule has 6 nitrogen and oxygen atoms in total. The second-order valence-corrected chi connectivity index (χ2v) is 7.97. The van der Waals surface area contributed by atoms with Gasteiger partial charge in [0, 0.05) is 36.7 Å². The summed E-state index contributed by atoms with van der Waals surface area (Å²) in [5, 5.41) is 7.00. The van der Waals surface area contributed by atoms with Crippen molar-refractivity contribution in [1.82, 2.24) is 14.5 Å². The third kappa shape index (κ3) is 3.07. The zero-order valence-electron chi connectivity index (χ0n) is 13.1. The SMILES string of the molecule is C[C@H]1CN(S(C)(=O)=O)CCN1c1cc(C(F)(F)F)cc2[nH]ncc12. The Morgan fingerprint density at radius 2 is 2.00 bits per heavy atom. The van der Waals surface area contributed by atoms with E-state index in [-0.39, 0.29) is 19.1 Å². The molecular formula is C14H17F3N4O2S. The van der Waals surface area contributed by atoms with Gasteiger partial charge in [0.2, 0.25) is 10.0 Å². The normalized spacial score (nSPS) is 20.7. The molecule has 1 aliphatic rings. The third-order valence-electron chi connectivity index (χ3n) is 4.23.